The molecule has 1 saturated heterocycles. The Morgan fingerprint density at radius 2 is 1.76 bits per heavy atom. The number of aryl methyl sites for hydroxylation is 2. The van der Waals surface area contributed by atoms with E-state index in [0.29, 0.717) is 18.7 Å². The average molecular weight is 404 g/mol. The quantitative estimate of drug-likeness (QED) is 0.791. The molecule has 1 heterocycles. The van der Waals surface area contributed by atoms with Crippen molar-refractivity contribution in [2.45, 2.75) is 65.5 Å². The lowest BCUT2D eigenvalue weighted by Gasteiger charge is -2.32. The van der Waals surface area contributed by atoms with Crippen LogP contribution in [-0.2, 0) is 9.53 Å². The maximum Gasteiger partial charge on any atom is 0.407 e. The molecule has 2 N–H and O–H groups in total. The van der Waals surface area contributed by atoms with E-state index in [1.807, 2.05) is 36.9 Å². The van der Waals surface area contributed by atoms with Gasteiger partial charge in [-0.05, 0) is 70.7 Å². The van der Waals surface area contributed by atoms with Gasteiger partial charge in [0, 0.05) is 37.7 Å². The number of nitrogens with one attached hydrogen (secondary N) is 2. The highest BCUT2D eigenvalue weighted by atomic mass is 16.6. The van der Waals surface area contributed by atoms with Gasteiger partial charge in [-0.25, -0.2) is 4.79 Å². The van der Waals surface area contributed by atoms with Gasteiger partial charge in [-0.1, -0.05) is 6.07 Å². The molecule has 1 aromatic rings. The Labute approximate surface area is 173 Å². The van der Waals surface area contributed by atoms with E-state index in [9.17, 15) is 14.4 Å². The lowest BCUT2D eigenvalue weighted by Crippen LogP contribution is -2.47. The number of nitrogens with zero attached hydrogens (tertiary/aromatic N) is 1. The van der Waals surface area contributed by atoms with Crippen molar-refractivity contribution in [3.8, 4) is 0 Å². The number of amides is 3. The lowest BCUT2D eigenvalue weighted by atomic mass is 10.0. The minimum atomic E-state index is -0.560. The first kappa shape index (κ1) is 22.7. The minimum Gasteiger partial charge on any atom is -0.444 e. The van der Waals surface area contributed by atoms with Crippen molar-refractivity contribution >= 4 is 17.9 Å². The standard InChI is InChI=1S/C22H33N3O4/c1-15-6-7-17(14-16(15)2)20(27)25-12-9-18(10-13-25)24-19(26)8-11-23-21(28)29-22(3,4)5/h6-7,14,18H,8-13H2,1-5H3,(H,23,28)(H,24,26). The van der Waals surface area contributed by atoms with Gasteiger partial charge in [0.05, 0.1) is 0 Å². The fraction of sp³-hybridized carbons (Fsp3) is 0.591. The van der Waals surface area contributed by atoms with Gasteiger partial charge in [0.1, 0.15) is 5.60 Å². The highest BCUT2D eigenvalue weighted by molar-refractivity contribution is 5.94. The molecular weight excluding hydrogens is 370 g/mol. The molecule has 0 unspecified atom stereocenters. The maximum absolute atomic E-state index is 12.7. The molecule has 1 fully saturated rings. The molecular formula is C22H33N3O4. The fourth-order valence-corrected chi connectivity index (χ4v) is 3.18. The van der Waals surface area contributed by atoms with Crippen molar-refractivity contribution in [2.24, 2.45) is 0 Å². The molecule has 0 saturated carbocycles. The molecule has 0 aliphatic carbocycles. The Hall–Kier alpha value is -2.57. The second kappa shape index (κ2) is 9.76. The molecule has 7 nitrogen and oxygen atoms in total. The van der Waals surface area contributed by atoms with Crippen LogP contribution in [0.4, 0.5) is 4.79 Å². The number of likely N-dealkylation sites (tertiary alicyclic amines) is 1. The van der Waals surface area contributed by atoms with Crippen LogP contribution in [0, 0.1) is 13.8 Å². The van der Waals surface area contributed by atoms with Gasteiger partial charge in [0.2, 0.25) is 5.91 Å². The largest absolute Gasteiger partial charge is 0.444 e. The minimum absolute atomic E-state index is 0.0411. The van der Waals surface area contributed by atoms with E-state index in [0.717, 1.165) is 18.4 Å². The molecule has 1 aliphatic heterocycles. The third-order valence-corrected chi connectivity index (χ3v) is 4.92. The van der Waals surface area contributed by atoms with E-state index in [4.69, 9.17) is 4.74 Å². The van der Waals surface area contributed by atoms with E-state index >= 15 is 0 Å². The Balaban J connectivity index is 1.71. The Kier molecular flexibility index (Phi) is 7.65. The van der Waals surface area contributed by atoms with Crippen molar-refractivity contribution < 1.29 is 19.1 Å². The summed E-state index contributed by atoms with van der Waals surface area (Å²) in [6.07, 6.45) is 1.12. The highest BCUT2D eigenvalue weighted by Gasteiger charge is 2.25. The van der Waals surface area contributed by atoms with Gasteiger partial charge in [0.25, 0.3) is 5.91 Å². The summed E-state index contributed by atoms with van der Waals surface area (Å²) in [5.41, 5.74) is 2.43. The molecule has 2 rings (SSSR count). The first-order chi connectivity index (χ1) is 13.5. The Morgan fingerprint density at radius 3 is 2.34 bits per heavy atom. The van der Waals surface area contributed by atoms with E-state index in [-0.39, 0.29) is 30.8 Å². The van der Waals surface area contributed by atoms with Gasteiger partial charge in [-0.15, -0.1) is 0 Å². The summed E-state index contributed by atoms with van der Waals surface area (Å²) < 4.78 is 5.13. The number of alkyl carbamates (subject to hydrolysis) is 1. The predicted molar refractivity (Wildman–Crippen MR) is 112 cm³/mol. The van der Waals surface area contributed by atoms with E-state index < -0.39 is 11.7 Å². The molecule has 0 spiro atoms. The van der Waals surface area contributed by atoms with Crippen molar-refractivity contribution in [3.63, 3.8) is 0 Å². The van der Waals surface area contributed by atoms with E-state index in [1.54, 1.807) is 20.8 Å². The molecule has 1 aliphatic rings. The summed E-state index contributed by atoms with van der Waals surface area (Å²) in [4.78, 5) is 38.2. The predicted octanol–water partition coefficient (Wildman–Crippen LogP) is 2.94. The zero-order chi connectivity index (χ0) is 21.6. The summed E-state index contributed by atoms with van der Waals surface area (Å²) in [6.45, 7) is 10.9. The topological polar surface area (TPSA) is 87.7 Å². The van der Waals surface area contributed by atoms with Crippen LogP contribution in [0.25, 0.3) is 0 Å². The van der Waals surface area contributed by atoms with Crippen molar-refractivity contribution in [3.05, 3.63) is 34.9 Å². The number of ether oxygens (including phenoxy) is 1. The SMILES string of the molecule is Cc1ccc(C(=O)N2CCC(NC(=O)CCNC(=O)OC(C)(C)C)CC2)cc1C. The van der Waals surface area contributed by atoms with Gasteiger partial charge >= 0.3 is 6.09 Å². The molecule has 0 radical (unpaired) electrons. The number of carbonyl (C=O) groups excluding carboxylic acids is 3. The third-order valence-electron chi connectivity index (χ3n) is 4.92. The average Bonchev–Trinajstić information content (AvgIpc) is 2.62. The van der Waals surface area contributed by atoms with Crippen LogP contribution in [0.1, 0.15) is 61.5 Å². The smallest absolute Gasteiger partial charge is 0.407 e. The first-order valence-corrected chi connectivity index (χ1v) is 10.2. The maximum atomic E-state index is 12.7. The summed E-state index contributed by atoms with van der Waals surface area (Å²) in [5, 5.41) is 5.57. The summed E-state index contributed by atoms with van der Waals surface area (Å²) in [7, 11) is 0. The van der Waals surface area contributed by atoms with Gasteiger partial charge in [-0.3, -0.25) is 9.59 Å². The van der Waals surface area contributed by atoms with Crippen molar-refractivity contribution in [2.75, 3.05) is 19.6 Å². The molecule has 0 aromatic heterocycles. The molecule has 0 atom stereocenters. The van der Waals surface area contributed by atoms with Crippen LogP contribution in [0.3, 0.4) is 0 Å². The van der Waals surface area contributed by atoms with Crippen LogP contribution < -0.4 is 10.6 Å². The Bertz CT molecular complexity index is 747. The zero-order valence-corrected chi connectivity index (χ0v) is 18.1. The van der Waals surface area contributed by atoms with Crippen LogP contribution in [0.5, 0.6) is 0 Å². The molecule has 0 bridgehead atoms. The second-order valence-corrected chi connectivity index (χ2v) is 8.61. The van der Waals surface area contributed by atoms with Crippen LogP contribution in [-0.4, -0.2) is 54.1 Å². The number of hydrogen-bond donors (Lipinski definition) is 2. The fourth-order valence-electron chi connectivity index (χ4n) is 3.18. The zero-order valence-electron chi connectivity index (χ0n) is 18.1. The number of rotatable bonds is 5. The molecule has 160 valence electrons. The number of carbonyl (C=O) groups is 3. The number of benzene rings is 1. The highest BCUT2D eigenvalue weighted by Crippen LogP contribution is 2.16. The normalized spacial score (nSPS) is 15.0. The first-order valence-electron chi connectivity index (χ1n) is 10.2. The van der Waals surface area contributed by atoms with E-state index in [2.05, 4.69) is 10.6 Å². The molecule has 1 aromatic carbocycles. The van der Waals surface area contributed by atoms with Gasteiger partial charge in [-0.2, -0.15) is 0 Å². The summed E-state index contributed by atoms with van der Waals surface area (Å²) in [5.74, 6) is -0.0700. The van der Waals surface area contributed by atoms with Crippen LogP contribution in [0.15, 0.2) is 18.2 Å². The van der Waals surface area contributed by atoms with Crippen LogP contribution in [0.2, 0.25) is 0 Å². The third kappa shape index (κ3) is 7.40. The van der Waals surface area contributed by atoms with Crippen molar-refractivity contribution in [1.29, 1.82) is 0 Å². The summed E-state index contributed by atoms with van der Waals surface area (Å²) >= 11 is 0. The Morgan fingerprint density at radius 1 is 1.10 bits per heavy atom. The summed E-state index contributed by atoms with van der Waals surface area (Å²) in [6, 6.07) is 5.83. The lowest BCUT2D eigenvalue weighted by molar-refractivity contribution is -0.121. The van der Waals surface area contributed by atoms with Gasteiger partial charge in [0.15, 0.2) is 0 Å². The van der Waals surface area contributed by atoms with Crippen LogP contribution >= 0.6 is 0 Å². The van der Waals surface area contributed by atoms with Crippen molar-refractivity contribution in [1.82, 2.24) is 15.5 Å². The molecule has 29 heavy (non-hydrogen) atoms. The number of piperidine rings is 1. The molecule has 7 heteroatoms. The second-order valence-electron chi connectivity index (χ2n) is 8.61. The number of hydrogen-bond acceptors (Lipinski definition) is 4. The van der Waals surface area contributed by atoms with Gasteiger partial charge < -0.3 is 20.3 Å². The van der Waals surface area contributed by atoms with E-state index in [1.165, 1.54) is 5.56 Å². The molecule has 3 amide bonds. The monoisotopic (exact) mass is 403 g/mol.